The first kappa shape index (κ1) is 26.4. The molecule has 1 amide bonds. The number of carbonyl (C=O) groups is 4. The van der Waals surface area contributed by atoms with Crippen LogP contribution in [0, 0.1) is 57.7 Å². The predicted molar refractivity (Wildman–Crippen MR) is 137 cm³/mol. The van der Waals surface area contributed by atoms with Crippen LogP contribution in [0.2, 0.25) is 0 Å². The maximum atomic E-state index is 13.9. The van der Waals surface area contributed by atoms with Crippen molar-refractivity contribution in [3.8, 4) is 0 Å². The molecule has 7 heteroatoms. The Morgan fingerprint density at radius 2 is 1.76 bits per heavy atom. The normalized spacial score (nSPS) is 42.9. The van der Waals surface area contributed by atoms with Gasteiger partial charge in [0.2, 0.25) is 5.91 Å². The number of rotatable bonds is 5. The van der Waals surface area contributed by atoms with Crippen molar-refractivity contribution in [1.29, 1.82) is 0 Å². The Bertz CT molecular complexity index is 1060. The first-order valence-electron chi connectivity index (χ1n) is 14.2. The number of hydrogen-bond acceptors (Lipinski definition) is 6. The zero-order valence-electron chi connectivity index (χ0n) is 23.4. The molecule has 1 aliphatic heterocycles. The van der Waals surface area contributed by atoms with E-state index in [1.807, 2.05) is 13.8 Å². The van der Waals surface area contributed by atoms with Crippen molar-refractivity contribution in [2.24, 2.45) is 57.7 Å². The molecule has 1 N–H and O–H groups in total. The van der Waals surface area contributed by atoms with E-state index in [0.717, 1.165) is 38.5 Å². The van der Waals surface area contributed by atoms with E-state index in [0.29, 0.717) is 5.92 Å². The lowest BCUT2D eigenvalue weighted by Gasteiger charge is -2.68. The Morgan fingerprint density at radius 3 is 2.38 bits per heavy atom. The van der Waals surface area contributed by atoms with Crippen molar-refractivity contribution >= 4 is 23.8 Å². The summed E-state index contributed by atoms with van der Waals surface area (Å²) in [6.07, 6.45) is 7.52. The van der Waals surface area contributed by atoms with Gasteiger partial charge in [-0.2, -0.15) is 0 Å². The van der Waals surface area contributed by atoms with Crippen LogP contribution in [0.15, 0.2) is 11.6 Å². The Labute approximate surface area is 220 Å². The molecule has 6 aliphatic rings. The number of fused-ring (bicyclic) bond motifs is 1. The molecule has 1 heterocycles. The van der Waals surface area contributed by atoms with Gasteiger partial charge in [-0.25, -0.2) is 4.79 Å². The van der Waals surface area contributed by atoms with Crippen LogP contribution in [0.4, 0.5) is 0 Å². The van der Waals surface area contributed by atoms with Crippen LogP contribution >= 0.6 is 0 Å². The van der Waals surface area contributed by atoms with Gasteiger partial charge in [-0.05, 0) is 67.1 Å². The lowest BCUT2D eigenvalue weighted by Crippen LogP contribution is -2.66. The van der Waals surface area contributed by atoms with E-state index in [9.17, 15) is 19.2 Å². The Hall–Kier alpha value is -2.18. The van der Waals surface area contributed by atoms with Gasteiger partial charge in [0.25, 0.3) is 0 Å². The van der Waals surface area contributed by atoms with E-state index >= 15 is 0 Å². The highest BCUT2D eigenvalue weighted by atomic mass is 16.6. The number of hydrogen-bond donors (Lipinski definition) is 1. The molecule has 0 aromatic rings. The van der Waals surface area contributed by atoms with Gasteiger partial charge in [0.15, 0.2) is 0 Å². The summed E-state index contributed by atoms with van der Waals surface area (Å²) in [7, 11) is 1.35. The largest absolute Gasteiger partial charge is 0.467 e. The summed E-state index contributed by atoms with van der Waals surface area (Å²) in [4.78, 5) is 52.4. The molecule has 6 rings (SSSR count). The third-order valence-corrected chi connectivity index (χ3v) is 11.3. The van der Waals surface area contributed by atoms with Gasteiger partial charge in [-0.15, -0.1) is 0 Å². The SMILES string of the molecule is COC(=O)[C@H](NC(=O)C1(C)CCC[C@]2(C)[C@H]3C[C@H]4C(C(C)C)=C[C@]3(CC[C@@H]12)[C@@H]1C(=O)OC(=O)[C@@H]14)C(C)C. The van der Waals surface area contributed by atoms with E-state index in [1.165, 1.54) is 12.7 Å². The maximum absolute atomic E-state index is 13.9. The average molecular weight is 514 g/mol. The minimum absolute atomic E-state index is 0.0260. The van der Waals surface area contributed by atoms with E-state index in [4.69, 9.17) is 9.47 Å². The molecule has 37 heavy (non-hydrogen) atoms. The van der Waals surface area contributed by atoms with Crippen LogP contribution in [-0.2, 0) is 28.7 Å². The quantitative estimate of drug-likeness (QED) is 0.332. The van der Waals surface area contributed by atoms with Crippen molar-refractivity contribution in [3.05, 3.63) is 11.6 Å². The van der Waals surface area contributed by atoms with Gasteiger partial charge in [0, 0.05) is 10.8 Å². The highest BCUT2D eigenvalue weighted by Gasteiger charge is 2.73. The molecule has 1 unspecified atom stereocenters. The molecular weight excluding hydrogens is 470 g/mol. The summed E-state index contributed by atoms with van der Waals surface area (Å²) in [5.74, 6) is -1.36. The minimum Gasteiger partial charge on any atom is -0.467 e. The number of methoxy groups -OCH3 is 1. The standard InChI is InChI=1S/C30H43NO6/c1-15(2)18-14-30-12-9-19-28(5,20(30)13-17(18)21-22(30)25(33)37-24(21)32)10-8-11-29(19,6)27(35)31-23(16(3)4)26(34)36-7/h14-17,19-23H,8-13H2,1-7H3,(H,31,35)/t17-,19+,20+,21+,22-,23+,28-,29?,30-/m0/s1. The molecule has 2 bridgehead atoms. The van der Waals surface area contributed by atoms with Crippen molar-refractivity contribution < 1.29 is 28.7 Å². The number of ether oxygens (including phenoxy) is 2. The fourth-order valence-corrected chi connectivity index (χ4v) is 9.71. The van der Waals surface area contributed by atoms with E-state index in [-0.39, 0.29) is 52.9 Å². The first-order chi connectivity index (χ1) is 17.3. The zero-order valence-corrected chi connectivity index (χ0v) is 23.4. The van der Waals surface area contributed by atoms with Gasteiger partial charge in [-0.1, -0.05) is 59.6 Å². The number of cyclic esters (lactones) is 2. The van der Waals surface area contributed by atoms with E-state index in [1.54, 1.807) is 0 Å². The molecular formula is C30H43NO6. The molecule has 1 spiro atoms. The molecule has 204 valence electrons. The number of allylic oxidation sites excluding steroid dienone is 2. The summed E-state index contributed by atoms with van der Waals surface area (Å²) in [5.41, 5.74) is 0.132. The van der Waals surface area contributed by atoms with Crippen LogP contribution in [0.1, 0.15) is 80.1 Å². The summed E-state index contributed by atoms with van der Waals surface area (Å²) >= 11 is 0. The zero-order chi connectivity index (χ0) is 27.1. The molecule has 3 saturated carbocycles. The summed E-state index contributed by atoms with van der Waals surface area (Å²) < 4.78 is 10.3. The lowest BCUT2D eigenvalue weighted by molar-refractivity contribution is -0.188. The second kappa shape index (κ2) is 8.67. The van der Waals surface area contributed by atoms with Crippen LogP contribution in [0.5, 0.6) is 0 Å². The molecule has 4 fully saturated rings. The fraction of sp³-hybridized carbons (Fsp3) is 0.800. The number of carbonyl (C=O) groups excluding carboxylic acids is 4. The molecule has 0 radical (unpaired) electrons. The summed E-state index contributed by atoms with van der Waals surface area (Å²) in [6, 6.07) is -0.681. The van der Waals surface area contributed by atoms with E-state index < -0.39 is 28.8 Å². The second-order valence-electron chi connectivity index (χ2n) is 13.6. The van der Waals surface area contributed by atoms with Gasteiger partial charge >= 0.3 is 17.9 Å². The highest BCUT2D eigenvalue weighted by molar-refractivity contribution is 5.98. The smallest absolute Gasteiger partial charge is 0.328 e. The van der Waals surface area contributed by atoms with Crippen LogP contribution < -0.4 is 5.32 Å². The molecule has 1 saturated heterocycles. The van der Waals surface area contributed by atoms with Gasteiger partial charge in [0.1, 0.15) is 6.04 Å². The van der Waals surface area contributed by atoms with Crippen molar-refractivity contribution in [3.63, 3.8) is 0 Å². The van der Waals surface area contributed by atoms with Gasteiger partial charge < -0.3 is 14.8 Å². The Morgan fingerprint density at radius 1 is 1.05 bits per heavy atom. The molecule has 0 aromatic heterocycles. The van der Waals surface area contributed by atoms with Crippen LogP contribution in [0.3, 0.4) is 0 Å². The van der Waals surface area contributed by atoms with Gasteiger partial charge in [-0.3, -0.25) is 14.4 Å². The van der Waals surface area contributed by atoms with Crippen LogP contribution in [-0.4, -0.2) is 37.0 Å². The third-order valence-electron chi connectivity index (χ3n) is 11.3. The average Bonchev–Trinajstić information content (AvgIpc) is 3.16. The third kappa shape index (κ3) is 3.51. The molecule has 9 atom stereocenters. The topological polar surface area (TPSA) is 98.8 Å². The van der Waals surface area contributed by atoms with E-state index in [2.05, 4.69) is 39.1 Å². The van der Waals surface area contributed by atoms with Crippen LogP contribution in [0.25, 0.3) is 0 Å². The number of nitrogens with one attached hydrogen (secondary N) is 1. The Balaban J connectivity index is 1.52. The first-order valence-corrected chi connectivity index (χ1v) is 14.2. The predicted octanol–water partition coefficient (Wildman–Crippen LogP) is 4.44. The monoisotopic (exact) mass is 513 g/mol. The lowest BCUT2D eigenvalue weighted by atomic mass is 9.34. The van der Waals surface area contributed by atoms with Gasteiger partial charge in [0.05, 0.1) is 18.9 Å². The molecule has 0 aromatic carbocycles. The van der Waals surface area contributed by atoms with Crippen molar-refractivity contribution in [2.75, 3.05) is 7.11 Å². The summed E-state index contributed by atoms with van der Waals surface area (Å²) in [5, 5.41) is 3.06. The number of esters is 3. The highest BCUT2D eigenvalue weighted by Crippen LogP contribution is 2.74. The minimum atomic E-state index is -0.681. The van der Waals surface area contributed by atoms with Crippen molar-refractivity contribution in [2.45, 2.75) is 86.1 Å². The molecule has 7 nitrogen and oxygen atoms in total. The number of amides is 1. The Kier molecular flexibility index (Phi) is 6.19. The fourth-order valence-electron chi connectivity index (χ4n) is 9.71. The maximum Gasteiger partial charge on any atom is 0.328 e. The summed E-state index contributed by atoms with van der Waals surface area (Å²) in [6.45, 7) is 12.6. The van der Waals surface area contributed by atoms with Crippen molar-refractivity contribution in [1.82, 2.24) is 5.32 Å². The second-order valence-corrected chi connectivity index (χ2v) is 13.6. The molecule has 5 aliphatic carbocycles.